The Labute approximate surface area is 77.0 Å². The highest BCUT2D eigenvalue weighted by molar-refractivity contribution is 7.99. The van der Waals surface area contributed by atoms with E-state index >= 15 is 0 Å². The van der Waals surface area contributed by atoms with E-state index in [0.717, 1.165) is 11.4 Å². The summed E-state index contributed by atoms with van der Waals surface area (Å²) in [4.78, 5) is 1.22. The van der Waals surface area contributed by atoms with Gasteiger partial charge in [0.15, 0.2) is 0 Å². The highest BCUT2D eigenvalue weighted by Crippen LogP contribution is 2.18. The van der Waals surface area contributed by atoms with Crippen molar-refractivity contribution >= 4 is 17.4 Å². The van der Waals surface area contributed by atoms with Crippen LogP contribution in [0.4, 0.5) is 5.69 Å². The summed E-state index contributed by atoms with van der Waals surface area (Å²) in [5.74, 6) is 0.910. The van der Waals surface area contributed by atoms with Crippen molar-refractivity contribution in [3.8, 4) is 0 Å². The summed E-state index contributed by atoms with van der Waals surface area (Å²) in [5, 5.41) is 0. The topological polar surface area (TPSA) is 26.0 Å². The molecule has 0 aliphatic carbocycles. The van der Waals surface area contributed by atoms with Gasteiger partial charge in [-0.2, -0.15) is 0 Å². The maximum absolute atomic E-state index is 5.54. The van der Waals surface area contributed by atoms with E-state index in [4.69, 9.17) is 5.73 Å². The molecule has 1 nitrogen and oxygen atoms in total. The molecule has 0 fully saturated rings. The monoisotopic (exact) mass is 177 g/mol. The van der Waals surface area contributed by atoms with Gasteiger partial charge in [-0.25, -0.2) is 0 Å². The Morgan fingerprint density at radius 2 is 2.08 bits per heavy atom. The minimum Gasteiger partial charge on any atom is -0.399 e. The van der Waals surface area contributed by atoms with E-state index in [1.165, 1.54) is 4.90 Å². The highest BCUT2D eigenvalue weighted by Gasteiger charge is 1.90. The Morgan fingerprint density at radius 3 is 2.67 bits per heavy atom. The van der Waals surface area contributed by atoms with Crippen molar-refractivity contribution in [3.63, 3.8) is 0 Å². The normalized spacial score (nSPS) is 9.00. The molecule has 0 spiro atoms. The van der Waals surface area contributed by atoms with Crippen LogP contribution in [0, 0.1) is 0 Å². The first-order chi connectivity index (χ1) is 5.83. The number of benzene rings is 1. The summed E-state index contributed by atoms with van der Waals surface area (Å²) >= 11 is 1.74. The molecule has 0 aliphatic heterocycles. The van der Waals surface area contributed by atoms with Gasteiger partial charge in [-0.05, 0) is 30.3 Å². The van der Waals surface area contributed by atoms with Crippen molar-refractivity contribution in [2.24, 2.45) is 0 Å². The molecule has 2 heteroatoms. The van der Waals surface area contributed by atoms with E-state index < -0.39 is 0 Å². The second-order valence-electron chi connectivity index (χ2n) is 2.29. The lowest BCUT2D eigenvalue weighted by atomic mass is 10.3. The summed E-state index contributed by atoms with van der Waals surface area (Å²) in [6.07, 6.45) is 1.90. The minimum absolute atomic E-state index is 0.804. The molecule has 1 aromatic rings. The molecule has 0 amide bonds. The Balaban J connectivity index is 2.53. The van der Waals surface area contributed by atoms with Crippen LogP contribution in [0.5, 0.6) is 0 Å². The van der Waals surface area contributed by atoms with Crippen molar-refractivity contribution in [2.45, 2.75) is 4.90 Å². The van der Waals surface area contributed by atoms with Gasteiger partial charge in [0.2, 0.25) is 0 Å². The number of nitrogen functional groups attached to an aromatic ring is 1. The first kappa shape index (κ1) is 8.98. The average molecular weight is 177 g/mol. The van der Waals surface area contributed by atoms with E-state index in [2.05, 4.69) is 12.3 Å². The second-order valence-corrected chi connectivity index (χ2v) is 3.38. The Kier molecular flexibility index (Phi) is 3.52. The van der Waals surface area contributed by atoms with Crippen molar-refractivity contribution < 1.29 is 0 Å². The Morgan fingerprint density at radius 1 is 1.42 bits per heavy atom. The van der Waals surface area contributed by atoms with Gasteiger partial charge in [0.25, 0.3) is 0 Å². The lowest BCUT2D eigenvalue weighted by molar-refractivity contribution is 1.46. The fourth-order valence-corrected chi connectivity index (χ4v) is 1.48. The van der Waals surface area contributed by atoms with Gasteiger partial charge in [0.1, 0.15) is 0 Å². The molecule has 0 saturated carbocycles. The fourth-order valence-electron chi connectivity index (χ4n) is 0.761. The highest BCUT2D eigenvalue weighted by atomic mass is 32.2. The van der Waals surface area contributed by atoms with E-state index in [0.29, 0.717) is 0 Å². The van der Waals surface area contributed by atoms with E-state index in [1.807, 2.05) is 30.3 Å². The summed E-state index contributed by atoms with van der Waals surface area (Å²) in [6, 6.07) is 7.83. The molecule has 0 unspecified atom stereocenters. The number of thioether (sulfide) groups is 1. The summed E-state index contributed by atoms with van der Waals surface area (Å²) in [5.41, 5.74) is 9.08. The van der Waals surface area contributed by atoms with Crippen LogP contribution in [0.2, 0.25) is 0 Å². The first-order valence-corrected chi connectivity index (χ1v) is 4.64. The zero-order valence-electron chi connectivity index (χ0n) is 6.79. The molecule has 0 atom stereocenters. The lowest BCUT2D eigenvalue weighted by Gasteiger charge is -1.97. The van der Waals surface area contributed by atoms with Crippen molar-refractivity contribution in [1.29, 1.82) is 0 Å². The second kappa shape index (κ2) is 4.70. The van der Waals surface area contributed by atoms with Gasteiger partial charge in [-0.3, -0.25) is 0 Å². The molecule has 0 radical (unpaired) electrons. The van der Waals surface area contributed by atoms with Crippen molar-refractivity contribution in [1.82, 2.24) is 0 Å². The smallest absolute Gasteiger partial charge is 0.0314 e. The minimum atomic E-state index is 0.804. The van der Waals surface area contributed by atoms with Gasteiger partial charge in [-0.15, -0.1) is 17.5 Å². The zero-order chi connectivity index (χ0) is 8.81. The van der Waals surface area contributed by atoms with Crippen LogP contribution in [0.15, 0.2) is 47.5 Å². The molecule has 0 saturated heterocycles. The van der Waals surface area contributed by atoms with Crippen LogP contribution >= 0.6 is 11.8 Å². The van der Waals surface area contributed by atoms with Crippen molar-refractivity contribution in [2.75, 3.05) is 11.5 Å². The fraction of sp³-hybridized carbons (Fsp3) is 0.100. The molecule has 0 heterocycles. The summed E-state index contributed by atoms with van der Waals surface area (Å²) < 4.78 is 0. The quantitative estimate of drug-likeness (QED) is 0.436. The zero-order valence-corrected chi connectivity index (χ0v) is 7.60. The van der Waals surface area contributed by atoms with Gasteiger partial charge in [0, 0.05) is 16.3 Å². The van der Waals surface area contributed by atoms with Gasteiger partial charge in [-0.1, -0.05) is 6.58 Å². The number of anilines is 1. The molecule has 1 rings (SSSR count). The molecule has 0 aliphatic rings. The van der Waals surface area contributed by atoms with E-state index in [1.54, 1.807) is 11.8 Å². The molecular formula is C10H11NS. The molecule has 2 N–H and O–H groups in total. The molecular weight excluding hydrogens is 166 g/mol. The number of rotatable bonds is 3. The molecule has 1 aromatic carbocycles. The third-order valence-electron chi connectivity index (χ3n) is 1.36. The third-order valence-corrected chi connectivity index (χ3v) is 2.30. The van der Waals surface area contributed by atoms with Crippen LogP contribution in [0.1, 0.15) is 0 Å². The van der Waals surface area contributed by atoms with Crippen molar-refractivity contribution in [3.05, 3.63) is 42.7 Å². The predicted molar refractivity (Wildman–Crippen MR) is 55.3 cm³/mol. The number of hydrogen-bond acceptors (Lipinski definition) is 2. The lowest BCUT2D eigenvalue weighted by Crippen LogP contribution is -1.82. The number of nitrogens with two attached hydrogens (primary N) is 1. The Bertz CT molecular complexity index is 283. The van der Waals surface area contributed by atoms with E-state index in [9.17, 15) is 0 Å². The summed E-state index contributed by atoms with van der Waals surface area (Å²) in [6.45, 7) is 3.49. The van der Waals surface area contributed by atoms with E-state index in [-0.39, 0.29) is 0 Å². The maximum atomic E-state index is 5.54. The van der Waals surface area contributed by atoms with Gasteiger partial charge in [0.05, 0.1) is 0 Å². The number of hydrogen-bond donors (Lipinski definition) is 1. The largest absolute Gasteiger partial charge is 0.399 e. The SMILES string of the molecule is C=C=CCSc1ccc(N)cc1. The molecule has 0 bridgehead atoms. The van der Waals surface area contributed by atoms with Crippen LogP contribution in [-0.2, 0) is 0 Å². The maximum Gasteiger partial charge on any atom is 0.0314 e. The van der Waals surface area contributed by atoms with Gasteiger partial charge >= 0.3 is 0 Å². The first-order valence-electron chi connectivity index (χ1n) is 3.65. The average Bonchev–Trinajstić information content (AvgIpc) is 2.09. The predicted octanol–water partition coefficient (Wildman–Crippen LogP) is 2.70. The third kappa shape index (κ3) is 2.87. The summed E-state index contributed by atoms with van der Waals surface area (Å²) in [7, 11) is 0. The Hall–Kier alpha value is -1.11. The molecule has 0 aromatic heterocycles. The molecule has 12 heavy (non-hydrogen) atoms. The standard InChI is InChI=1S/C10H11NS/c1-2-3-8-12-10-6-4-9(11)5-7-10/h3-7H,1,8,11H2. The van der Waals surface area contributed by atoms with Crippen LogP contribution in [0.25, 0.3) is 0 Å². The van der Waals surface area contributed by atoms with Crippen LogP contribution in [-0.4, -0.2) is 5.75 Å². The molecule has 62 valence electrons. The van der Waals surface area contributed by atoms with Gasteiger partial charge < -0.3 is 5.73 Å². The van der Waals surface area contributed by atoms with Crippen LogP contribution < -0.4 is 5.73 Å². The van der Waals surface area contributed by atoms with Crippen LogP contribution in [0.3, 0.4) is 0 Å².